The van der Waals surface area contributed by atoms with Crippen LogP contribution in [-0.2, 0) is 0 Å². The molecule has 20 valence electrons. The molecule has 0 atom stereocenters. The zero-order chi connectivity index (χ0) is 2.71. The Labute approximate surface area is 53.2 Å². The van der Waals surface area contributed by atoms with Gasteiger partial charge in [-0.1, -0.05) is 0 Å². The van der Waals surface area contributed by atoms with E-state index in [1.165, 1.54) is 0 Å². The normalized spacial score (nSPS) is 2.00. The van der Waals surface area contributed by atoms with Gasteiger partial charge in [0.15, 0.2) is 0 Å². The van der Waals surface area contributed by atoms with Crippen molar-refractivity contribution < 1.29 is 2.85 Å². The predicted molar refractivity (Wildman–Crippen MR) is 25.7 cm³/mol. The Morgan fingerprint density at radius 3 is 2.00 bits per heavy atom. The largest absolute Gasteiger partial charge is 2.00 e. The molecular weight excluding hydrogens is 128 g/mol. The molecule has 2 heteroatoms. The summed E-state index contributed by atoms with van der Waals surface area (Å²) in [5.41, 5.74) is 0. The van der Waals surface area contributed by atoms with E-state index >= 15 is 0 Å². The quantitative estimate of drug-likeness (QED) is 0.337. The summed E-state index contributed by atoms with van der Waals surface area (Å²) in [5.74, 6) is 0. The summed E-state index contributed by atoms with van der Waals surface area (Å²) in [6.45, 7) is 0. The van der Waals surface area contributed by atoms with E-state index in [1.807, 2.05) is 0 Å². The third-order valence-electron chi connectivity index (χ3n) is 0. The van der Waals surface area contributed by atoms with Crippen LogP contribution in [0.4, 0.5) is 0 Å². The molecule has 0 aromatic heterocycles. The first-order valence-electron chi connectivity index (χ1n) is 0.478. The molecule has 0 bridgehead atoms. The standard InChI is InChI=1S/C2HBr.Mg.2H/c1-2-3;;;/h1H;;;/q;+2;2*-1. The van der Waals surface area contributed by atoms with Gasteiger partial charge in [-0.15, -0.1) is 6.42 Å². The zero-order valence-corrected chi connectivity index (χ0v) is 5.16. The minimum Gasteiger partial charge on any atom is -1.00 e. The van der Waals surface area contributed by atoms with E-state index in [2.05, 4.69) is 27.2 Å². The van der Waals surface area contributed by atoms with Crippen LogP contribution in [0.5, 0.6) is 0 Å². The third kappa shape index (κ3) is 14.1. The van der Waals surface area contributed by atoms with E-state index in [0.29, 0.717) is 0 Å². The Morgan fingerprint density at radius 1 is 2.00 bits per heavy atom. The summed E-state index contributed by atoms with van der Waals surface area (Å²) in [5, 5.41) is 0. The van der Waals surface area contributed by atoms with Crippen molar-refractivity contribution in [2.45, 2.75) is 0 Å². The number of rotatable bonds is 0. The molecule has 0 saturated heterocycles. The smallest absolute Gasteiger partial charge is 1.00 e. The van der Waals surface area contributed by atoms with Gasteiger partial charge in [0.05, 0.1) is 0 Å². The Balaban J connectivity index is -0.00000000667. The number of hydrogen-bond acceptors (Lipinski definition) is 0. The average Bonchev–Trinajstić information content (AvgIpc) is 0.918. The zero-order valence-electron chi connectivity index (χ0n) is 4.16. The molecule has 0 saturated carbocycles. The van der Waals surface area contributed by atoms with Crippen molar-refractivity contribution in [3.8, 4) is 11.3 Å². The van der Waals surface area contributed by atoms with E-state index in [9.17, 15) is 0 Å². The van der Waals surface area contributed by atoms with Gasteiger partial charge in [0.2, 0.25) is 0 Å². The van der Waals surface area contributed by atoms with Gasteiger partial charge in [-0.2, -0.15) is 0 Å². The Hall–Kier alpha value is 0.806. The van der Waals surface area contributed by atoms with Crippen LogP contribution in [0.1, 0.15) is 2.85 Å². The van der Waals surface area contributed by atoms with Gasteiger partial charge in [-0.3, -0.25) is 0 Å². The third-order valence-corrected chi connectivity index (χ3v) is 0. The van der Waals surface area contributed by atoms with E-state index in [-0.39, 0.29) is 25.9 Å². The summed E-state index contributed by atoms with van der Waals surface area (Å²) in [7, 11) is 0. The second kappa shape index (κ2) is 9.19. The van der Waals surface area contributed by atoms with Crippen LogP contribution in [0.15, 0.2) is 0 Å². The van der Waals surface area contributed by atoms with Gasteiger partial charge < -0.3 is 2.85 Å². The van der Waals surface area contributed by atoms with Crippen molar-refractivity contribution in [2.24, 2.45) is 0 Å². The van der Waals surface area contributed by atoms with Crippen LogP contribution in [-0.4, -0.2) is 23.1 Å². The van der Waals surface area contributed by atoms with E-state index < -0.39 is 0 Å². The molecule has 4 heavy (non-hydrogen) atoms. The predicted octanol–water partition coefficient (Wildman–Crippen LogP) is 0.816. The van der Waals surface area contributed by atoms with Gasteiger partial charge in [-0.25, -0.2) is 0 Å². The first kappa shape index (κ1) is 8.84. The molecule has 0 aliphatic heterocycles. The van der Waals surface area contributed by atoms with Gasteiger partial charge in [-0.05, 0) is 4.83 Å². The molecule has 0 rings (SSSR count). The first-order valence-corrected chi connectivity index (χ1v) is 1.27. The summed E-state index contributed by atoms with van der Waals surface area (Å²) in [4.78, 5) is 2.06. The molecule has 0 nitrogen and oxygen atoms in total. The first-order chi connectivity index (χ1) is 1.41. The van der Waals surface area contributed by atoms with E-state index in [0.717, 1.165) is 0 Å². The monoisotopic (exact) mass is 130 g/mol. The van der Waals surface area contributed by atoms with Gasteiger partial charge >= 0.3 is 23.1 Å². The number of terminal acetylenes is 1. The molecule has 0 radical (unpaired) electrons. The Kier molecular flexibility index (Phi) is 20.3. The number of halogens is 1. The van der Waals surface area contributed by atoms with Crippen LogP contribution < -0.4 is 0 Å². The molecule has 0 aromatic carbocycles. The van der Waals surface area contributed by atoms with Crippen molar-refractivity contribution in [1.29, 1.82) is 0 Å². The van der Waals surface area contributed by atoms with Gasteiger partial charge in [0.1, 0.15) is 0 Å². The van der Waals surface area contributed by atoms with Gasteiger partial charge in [0, 0.05) is 15.9 Å². The van der Waals surface area contributed by atoms with Crippen molar-refractivity contribution >= 4 is 39.0 Å². The fourth-order valence-corrected chi connectivity index (χ4v) is 0. The second-order valence-electron chi connectivity index (χ2n) is 0.109. The molecule has 0 aliphatic carbocycles. The number of hydrogen-bond donors (Lipinski definition) is 0. The van der Waals surface area contributed by atoms with E-state index in [1.54, 1.807) is 0 Å². The SMILES string of the molecule is C#CBr.[H-].[H-].[Mg+2]. The Bertz CT molecular complexity index is 33.0. The molecular formula is C2H3BrMg. The summed E-state index contributed by atoms with van der Waals surface area (Å²) in [6, 6.07) is 0. The minimum atomic E-state index is 0. The molecule has 0 heterocycles. The van der Waals surface area contributed by atoms with Crippen LogP contribution in [0.2, 0.25) is 0 Å². The maximum absolute atomic E-state index is 4.51. The van der Waals surface area contributed by atoms with Crippen LogP contribution in [0.3, 0.4) is 0 Å². The van der Waals surface area contributed by atoms with Crippen LogP contribution >= 0.6 is 15.9 Å². The second-order valence-corrected chi connectivity index (χ2v) is 0.567. The fourth-order valence-electron chi connectivity index (χ4n) is 0. The topological polar surface area (TPSA) is 0 Å². The maximum Gasteiger partial charge on any atom is 2.00 e. The van der Waals surface area contributed by atoms with Crippen LogP contribution in [0, 0.1) is 11.3 Å². The van der Waals surface area contributed by atoms with E-state index in [4.69, 9.17) is 0 Å². The maximum atomic E-state index is 4.51. The Morgan fingerprint density at radius 2 is 2.00 bits per heavy atom. The molecule has 0 aliphatic rings. The van der Waals surface area contributed by atoms with Gasteiger partial charge in [0.25, 0.3) is 0 Å². The fraction of sp³-hybridized carbons (Fsp3) is 0. The molecule has 0 N–H and O–H groups in total. The van der Waals surface area contributed by atoms with Crippen LogP contribution in [0.25, 0.3) is 0 Å². The van der Waals surface area contributed by atoms with Crippen molar-refractivity contribution in [2.75, 3.05) is 0 Å². The van der Waals surface area contributed by atoms with Crippen molar-refractivity contribution in [3.63, 3.8) is 0 Å². The van der Waals surface area contributed by atoms with Crippen molar-refractivity contribution in [1.82, 2.24) is 0 Å². The molecule has 0 fully saturated rings. The molecule has 0 amide bonds. The summed E-state index contributed by atoms with van der Waals surface area (Å²) < 4.78 is 0. The molecule has 0 spiro atoms. The van der Waals surface area contributed by atoms with Crippen molar-refractivity contribution in [3.05, 3.63) is 0 Å². The molecule has 0 aromatic rings. The minimum absolute atomic E-state index is 0. The summed E-state index contributed by atoms with van der Waals surface area (Å²) >= 11 is 2.67. The molecule has 0 unspecified atom stereocenters. The average molecular weight is 131 g/mol. The summed E-state index contributed by atoms with van der Waals surface area (Å²) in [6.07, 6.45) is 4.51.